The summed E-state index contributed by atoms with van der Waals surface area (Å²) in [5.41, 5.74) is 5.46. The van der Waals surface area contributed by atoms with Gasteiger partial charge in [0, 0.05) is 0 Å². The molecule has 0 saturated carbocycles. The minimum absolute atomic E-state index is 0.0217. The van der Waals surface area contributed by atoms with E-state index in [1.807, 2.05) is 0 Å². The van der Waals surface area contributed by atoms with E-state index in [0.29, 0.717) is 5.69 Å². The maximum absolute atomic E-state index is 12.3. The summed E-state index contributed by atoms with van der Waals surface area (Å²) in [6, 6.07) is 10.9. The SMILES string of the molecule is O=C(NN[C@@H]1CC(=O)N(c2ccccc2)C1=O)c1ccco1. The van der Waals surface area contributed by atoms with Crippen molar-refractivity contribution in [1.82, 2.24) is 10.9 Å². The molecule has 1 saturated heterocycles. The Morgan fingerprint density at radius 1 is 1.14 bits per heavy atom. The minimum Gasteiger partial charge on any atom is -0.459 e. The molecule has 0 unspecified atom stereocenters. The highest BCUT2D eigenvalue weighted by atomic mass is 16.3. The standard InChI is InChI=1S/C15H13N3O4/c19-13-9-11(16-17-14(20)12-7-4-8-22-12)15(21)18(13)10-5-2-1-3-6-10/h1-8,11,16H,9H2,(H,17,20)/t11-/m1/s1. The number of hydrogen-bond acceptors (Lipinski definition) is 5. The van der Waals surface area contributed by atoms with Crippen LogP contribution in [0.4, 0.5) is 5.69 Å². The van der Waals surface area contributed by atoms with Crippen LogP contribution in [0.25, 0.3) is 0 Å². The molecule has 2 N–H and O–H groups in total. The molecule has 2 aromatic rings. The smallest absolute Gasteiger partial charge is 0.301 e. The van der Waals surface area contributed by atoms with Gasteiger partial charge in [-0.15, -0.1) is 0 Å². The fraction of sp³-hybridized carbons (Fsp3) is 0.133. The lowest BCUT2D eigenvalue weighted by Gasteiger charge is -2.15. The van der Waals surface area contributed by atoms with Gasteiger partial charge in [0.1, 0.15) is 6.04 Å². The van der Waals surface area contributed by atoms with Crippen LogP contribution in [-0.2, 0) is 9.59 Å². The number of furan rings is 1. The van der Waals surface area contributed by atoms with Gasteiger partial charge < -0.3 is 4.42 Å². The lowest BCUT2D eigenvalue weighted by molar-refractivity contribution is -0.121. The van der Waals surface area contributed by atoms with Crippen LogP contribution in [0.5, 0.6) is 0 Å². The van der Waals surface area contributed by atoms with E-state index in [1.165, 1.54) is 12.3 Å². The van der Waals surface area contributed by atoms with Gasteiger partial charge in [-0.2, -0.15) is 0 Å². The van der Waals surface area contributed by atoms with Gasteiger partial charge in [0.25, 0.3) is 5.91 Å². The van der Waals surface area contributed by atoms with Crippen LogP contribution in [0.2, 0.25) is 0 Å². The Morgan fingerprint density at radius 2 is 1.91 bits per heavy atom. The number of nitrogens with zero attached hydrogens (tertiary/aromatic N) is 1. The quantitative estimate of drug-likeness (QED) is 0.645. The number of rotatable bonds is 4. The molecule has 2 heterocycles. The molecule has 0 bridgehead atoms. The molecule has 0 spiro atoms. The van der Waals surface area contributed by atoms with E-state index in [1.54, 1.807) is 36.4 Å². The van der Waals surface area contributed by atoms with Crippen LogP contribution in [0.1, 0.15) is 17.0 Å². The topological polar surface area (TPSA) is 91.7 Å². The molecule has 1 aliphatic rings. The Labute approximate surface area is 125 Å². The molecule has 3 amide bonds. The number of amides is 3. The van der Waals surface area contributed by atoms with Crippen molar-refractivity contribution in [2.75, 3.05) is 4.90 Å². The van der Waals surface area contributed by atoms with E-state index in [4.69, 9.17) is 4.42 Å². The average molecular weight is 299 g/mol. The molecular formula is C15H13N3O4. The third-order valence-corrected chi connectivity index (χ3v) is 3.27. The molecule has 0 aliphatic carbocycles. The van der Waals surface area contributed by atoms with Crippen LogP contribution in [-0.4, -0.2) is 23.8 Å². The van der Waals surface area contributed by atoms with Gasteiger partial charge in [0.15, 0.2) is 5.76 Å². The third kappa shape index (κ3) is 2.61. The van der Waals surface area contributed by atoms with Crippen molar-refractivity contribution in [3.63, 3.8) is 0 Å². The number of nitrogens with one attached hydrogen (secondary N) is 2. The van der Waals surface area contributed by atoms with Crippen molar-refractivity contribution < 1.29 is 18.8 Å². The molecule has 7 nitrogen and oxygen atoms in total. The maximum atomic E-state index is 12.3. The predicted molar refractivity (Wildman–Crippen MR) is 76.6 cm³/mol. The van der Waals surface area contributed by atoms with Crippen LogP contribution in [0.3, 0.4) is 0 Å². The van der Waals surface area contributed by atoms with E-state index in [-0.39, 0.29) is 18.1 Å². The van der Waals surface area contributed by atoms with E-state index < -0.39 is 17.9 Å². The van der Waals surface area contributed by atoms with E-state index in [2.05, 4.69) is 10.9 Å². The van der Waals surface area contributed by atoms with Crippen molar-refractivity contribution in [2.24, 2.45) is 0 Å². The number of benzene rings is 1. The Morgan fingerprint density at radius 3 is 2.59 bits per heavy atom. The first kappa shape index (κ1) is 14.0. The van der Waals surface area contributed by atoms with Gasteiger partial charge in [-0.05, 0) is 24.3 Å². The number of para-hydroxylation sites is 1. The highest BCUT2D eigenvalue weighted by Crippen LogP contribution is 2.22. The first-order valence-corrected chi connectivity index (χ1v) is 6.68. The number of hydrogen-bond donors (Lipinski definition) is 2. The van der Waals surface area contributed by atoms with Gasteiger partial charge >= 0.3 is 5.91 Å². The number of carbonyl (C=O) groups is 3. The number of hydrazine groups is 1. The molecule has 3 rings (SSSR count). The highest BCUT2D eigenvalue weighted by Gasteiger charge is 2.39. The molecular weight excluding hydrogens is 286 g/mol. The zero-order valence-corrected chi connectivity index (χ0v) is 11.5. The minimum atomic E-state index is -0.799. The molecule has 1 aliphatic heterocycles. The van der Waals surface area contributed by atoms with E-state index in [9.17, 15) is 14.4 Å². The van der Waals surface area contributed by atoms with E-state index >= 15 is 0 Å². The molecule has 1 atom stereocenters. The summed E-state index contributed by atoms with van der Waals surface area (Å²) in [7, 11) is 0. The van der Waals surface area contributed by atoms with Crippen LogP contribution in [0.15, 0.2) is 53.1 Å². The molecule has 22 heavy (non-hydrogen) atoms. The Hall–Kier alpha value is -2.93. The van der Waals surface area contributed by atoms with Crippen molar-refractivity contribution >= 4 is 23.4 Å². The normalized spacial score (nSPS) is 17.8. The molecule has 112 valence electrons. The summed E-state index contributed by atoms with van der Waals surface area (Å²) in [6.07, 6.45) is 1.35. The average Bonchev–Trinajstić information content (AvgIpc) is 3.15. The summed E-state index contributed by atoms with van der Waals surface area (Å²) in [6.45, 7) is 0. The zero-order chi connectivity index (χ0) is 15.5. The van der Waals surface area contributed by atoms with Gasteiger partial charge in [0.2, 0.25) is 5.91 Å². The number of anilines is 1. The number of carbonyl (C=O) groups excluding carboxylic acids is 3. The number of imide groups is 1. The predicted octanol–water partition coefficient (Wildman–Crippen LogP) is 0.846. The van der Waals surface area contributed by atoms with Crippen molar-refractivity contribution in [1.29, 1.82) is 0 Å². The third-order valence-electron chi connectivity index (χ3n) is 3.27. The second kappa shape index (κ2) is 5.82. The summed E-state index contributed by atoms with van der Waals surface area (Å²) >= 11 is 0. The summed E-state index contributed by atoms with van der Waals surface area (Å²) in [4.78, 5) is 37.1. The summed E-state index contributed by atoms with van der Waals surface area (Å²) in [5.74, 6) is -1.12. The Balaban J connectivity index is 1.66. The largest absolute Gasteiger partial charge is 0.459 e. The van der Waals surface area contributed by atoms with Crippen molar-refractivity contribution in [3.05, 3.63) is 54.5 Å². The first-order chi connectivity index (χ1) is 10.7. The van der Waals surface area contributed by atoms with Gasteiger partial charge in [0.05, 0.1) is 18.4 Å². The van der Waals surface area contributed by atoms with Crippen LogP contribution < -0.4 is 15.8 Å². The zero-order valence-electron chi connectivity index (χ0n) is 11.5. The van der Waals surface area contributed by atoms with Crippen molar-refractivity contribution in [3.8, 4) is 0 Å². The molecule has 1 aromatic heterocycles. The Bertz CT molecular complexity index is 697. The van der Waals surface area contributed by atoms with Crippen molar-refractivity contribution in [2.45, 2.75) is 12.5 Å². The maximum Gasteiger partial charge on any atom is 0.301 e. The van der Waals surface area contributed by atoms with Gasteiger partial charge in [-0.1, -0.05) is 18.2 Å². The molecule has 0 radical (unpaired) electrons. The molecule has 1 fully saturated rings. The summed E-state index contributed by atoms with van der Waals surface area (Å²) in [5, 5.41) is 0. The Kier molecular flexibility index (Phi) is 3.71. The fourth-order valence-corrected chi connectivity index (χ4v) is 2.22. The molecule has 1 aromatic carbocycles. The van der Waals surface area contributed by atoms with Crippen LogP contribution in [0, 0.1) is 0 Å². The monoisotopic (exact) mass is 299 g/mol. The lowest BCUT2D eigenvalue weighted by atomic mass is 10.2. The second-order valence-electron chi connectivity index (χ2n) is 4.74. The van der Waals surface area contributed by atoms with E-state index in [0.717, 1.165) is 4.90 Å². The van der Waals surface area contributed by atoms with Gasteiger partial charge in [-0.3, -0.25) is 19.8 Å². The van der Waals surface area contributed by atoms with Gasteiger partial charge in [-0.25, -0.2) is 10.3 Å². The molecule has 7 heteroatoms. The van der Waals surface area contributed by atoms with Crippen LogP contribution >= 0.6 is 0 Å². The first-order valence-electron chi connectivity index (χ1n) is 6.68. The second-order valence-corrected chi connectivity index (χ2v) is 4.74. The lowest BCUT2D eigenvalue weighted by Crippen LogP contribution is -2.48. The highest BCUT2D eigenvalue weighted by molar-refractivity contribution is 6.22. The fourth-order valence-electron chi connectivity index (χ4n) is 2.22. The summed E-state index contributed by atoms with van der Waals surface area (Å²) < 4.78 is 4.93.